The zero-order valence-electron chi connectivity index (χ0n) is 10.6. The fraction of sp³-hybridized carbons (Fsp3) is 0.462. The Morgan fingerprint density at radius 3 is 2.50 bits per heavy atom. The van der Waals surface area contributed by atoms with E-state index in [1.165, 1.54) is 13.0 Å². The molecule has 0 aliphatic carbocycles. The van der Waals surface area contributed by atoms with Gasteiger partial charge in [-0.3, -0.25) is 4.79 Å². The Labute approximate surface area is 114 Å². The highest BCUT2D eigenvalue weighted by atomic mass is 79.9. The molecular formula is C13H16BrF2NO. The number of halogens is 3. The summed E-state index contributed by atoms with van der Waals surface area (Å²) < 4.78 is 27.3. The number of amides is 1. The number of aryl methyl sites for hydroxylation is 1. The van der Waals surface area contributed by atoms with Crippen molar-refractivity contribution in [3.8, 4) is 0 Å². The standard InChI is InChI=1S/C13H16BrF2NO/c1-7(2)10(6-14)17-13(18)11-9(15)5-4-8(3)12(11)16/h4-5,7,10H,6H2,1-3H3,(H,17,18). The third kappa shape index (κ3) is 3.28. The number of alkyl halides is 1. The minimum Gasteiger partial charge on any atom is -0.348 e. The molecule has 0 saturated carbocycles. The SMILES string of the molecule is Cc1ccc(F)c(C(=O)NC(CBr)C(C)C)c1F. The Bertz CT molecular complexity index is 449. The second-order valence-electron chi connectivity index (χ2n) is 4.53. The van der Waals surface area contributed by atoms with Gasteiger partial charge in [0.1, 0.15) is 17.2 Å². The van der Waals surface area contributed by atoms with Gasteiger partial charge >= 0.3 is 0 Å². The molecule has 0 aromatic heterocycles. The molecule has 2 nitrogen and oxygen atoms in total. The molecule has 1 aromatic carbocycles. The summed E-state index contributed by atoms with van der Waals surface area (Å²) in [6.07, 6.45) is 0. The zero-order chi connectivity index (χ0) is 13.9. The van der Waals surface area contributed by atoms with Gasteiger partial charge in [-0.1, -0.05) is 35.8 Å². The van der Waals surface area contributed by atoms with Crippen molar-refractivity contribution in [3.05, 3.63) is 34.9 Å². The van der Waals surface area contributed by atoms with Gasteiger partial charge in [0.25, 0.3) is 5.91 Å². The van der Waals surface area contributed by atoms with Gasteiger partial charge in [-0.25, -0.2) is 8.78 Å². The molecule has 1 amide bonds. The lowest BCUT2D eigenvalue weighted by Gasteiger charge is -2.20. The molecule has 0 spiro atoms. The maximum absolute atomic E-state index is 13.8. The number of carbonyl (C=O) groups is 1. The number of hydrogen-bond donors (Lipinski definition) is 1. The summed E-state index contributed by atoms with van der Waals surface area (Å²) in [4.78, 5) is 11.9. The summed E-state index contributed by atoms with van der Waals surface area (Å²) in [6, 6.07) is 2.24. The number of benzene rings is 1. The molecule has 1 rings (SSSR count). The van der Waals surface area contributed by atoms with Gasteiger partial charge in [0.05, 0.1) is 0 Å². The summed E-state index contributed by atoms with van der Waals surface area (Å²) in [7, 11) is 0. The van der Waals surface area contributed by atoms with E-state index in [0.29, 0.717) is 5.33 Å². The molecule has 5 heteroatoms. The van der Waals surface area contributed by atoms with Gasteiger partial charge in [0.15, 0.2) is 0 Å². The molecule has 100 valence electrons. The van der Waals surface area contributed by atoms with Gasteiger partial charge in [-0.15, -0.1) is 0 Å². The molecule has 0 aliphatic rings. The molecule has 0 fully saturated rings. The van der Waals surface area contributed by atoms with E-state index >= 15 is 0 Å². The Morgan fingerprint density at radius 2 is 2.00 bits per heavy atom. The average molecular weight is 320 g/mol. The maximum atomic E-state index is 13.8. The van der Waals surface area contributed by atoms with Crippen molar-refractivity contribution in [2.24, 2.45) is 5.92 Å². The van der Waals surface area contributed by atoms with Crippen LogP contribution in [-0.4, -0.2) is 17.3 Å². The summed E-state index contributed by atoms with van der Waals surface area (Å²) in [5.74, 6) is -2.19. The highest BCUT2D eigenvalue weighted by molar-refractivity contribution is 9.09. The third-order valence-corrected chi connectivity index (χ3v) is 3.50. The summed E-state index contributed by atoms with van der Waals surface area (Å²) >= 11 is 3.27. The van der Waals surface area contributed by atoms with E-state index in [2.05, 4.69) is 21.2 Å². The quantitative estimate of drug-likeness (QED) is 0.846. The van der Waals surface area contributed by atoms with Gasteiger partial charge in [-0.2, -0.15) is 0 Å². The van der Waals surface area contributed by atoms with Crippen molar-refractivity contribution in [1.29, 1.82) is 0 Å². The first-order chi connectivity index (χ1) is 8.38. The molecule has 1 N–H and O–H groups in total. The highest BCUT2D eigenvalue weighted by Crippen LogP contribution is 2.17. The third-order valence-electron chi connectivity index (χ3n) is 2.80. The number of rotatable bonds is 4. The van der Waals surface area contributed by atoms with Crippen molar-refractivity contribution in [2.75, 3.05) is 5.33 Å². The lowest BCUT2D eigenvalue weighted by Crippen LogP contribution is -2.40. The Balaban J connectivity index is 3.01. The summed E-state index contributed by atoms with van der Waals surface area (Å²) in [6.45, 7) is 5.35. The predicted molar refractivity (Wildman–Crippen MR) is 71.0 cm³/mol. The molecule has 0 bridgehead atoms. The van der Waals surface area contributed by atoms with Crippen molar-refractivity contribution in [1.82, 2.24) is 5.32 Å². The van der Waals surface area contributed by atoms with Crippen LogP contribution < -0.4 is 5.32 Å². The number of nitrogens with one attached hydrogen (secondary N) is 1. The summed E-state index contributed by atoms with van der Waals surface area (Å²) in [5, 5.41) is 3.16. The molecule has 1 unspecified atom stereocenters. The second-order valence-corrected chi connectivity index (χ2v) is 5.18. The van der Waals surface area contributed by atoms with Gasteiger partial charge in [0, 0.05) is 11.4 Å². The first kappa shape index (κ1) is 15.1. The fourth-order valence-corrected chi connectivity index (χ4v) is 2.40. The largest absolute Gasteiger partial charge is 0.348 e. The molecule has 0 radical (unpaired) electrons. The zero-order valence-corrected chi connectivity index (χ0v) is 12.1. The number of carbonyl (C=O) groups excluding carboxylic acids is 1. The van der Waals surface area contributed by atoms with E-state index in [-0.39, 0.29) is 17.5 Å². The average Bonchev–Trinajstić information content (AvgIpc) is 2.31. The molecule has 0 heterocycles. The van der Waals surface area contributed by atoms with Gasteiger partial charge < -0.3 is 5.32 Å². The predicted octanol–water partition coefficient (Wildman–Crippen LogP) is 3.42. The first-order valence-electron chi connectivity index (χ1n) is 5.69. The van der Waals surface area contributed by atoms with E-state index in [1.54, 1.807) is 0 Å². The van der Waals surface area contributed by atoms with Crippen molar-refractivity contribution in [2.45, 2.75) is 26.8 Å². The second kappa shape index (κ2) is 6.27. The smallest absolute Gasteiger partial charge is 0.257 e. The van der Waals surface area contributed by atoms with Crippen molar-refractivity contribution in [3.63, 3.8) is 0 Å². The van der Waals surface area contributed by atoms with E-state index < -0.39 is 23.1 Å². The number of hydrogen-bond acceptors (Lipinski definition) is 1. The van der Waals surface area contributed by atoms with Gasteiger partial charge in [-0.05, 0) is 24.5 Å². The van der Waals surface area contributed by atoms with Crippen molar-refractivity contribution >= 4 is 21.8 Å². The van der Waals surface area contributed by atoms with Crippen LogP contribution in [-0.2, 0) is 0 Å². The van der Waals surface area contributed by atoms with E-state index in [9.17, 15) is 13.6 Å². The summed E-state index contributed by atoms with van der Waals surface area (Å²) in [5.41, 5.74) is -0.261. The molecular weight excluding hydrogens is 304 g/mol. The van der Waals surface area contributed by atoms with Crippen LogP contribution >= 0.6 is 15.9 Å². The molecule has 1 aromatic rings. The van der Waals surface area contributed by atoms with Crippen LogP contribution in [0.5, 0.6) is 0 Å². The lowest BCUT2D eigenvalue weighted by molar-refractivity contribution is 0.0923. The maximum Gasteiger partial charge on any atom is 0.257 e. The van der Waals surface area contributed by atoms with Crippen LogP contribution in [0.15, 0.2) is 12.1 Å². The van der Waals surface area contributed by atoms with Crippen LogP contribution in [0, 0.1) is 24.5 Å². The normalized spacial score (nSPS) is 12.6. The van der Waals surface area contributed by atoms with Crippen molar-refractivity contribution < 1.29 is 13.6 Å². The van der Waals surface area contributed by atoms with E-state index in [1.807, 2.05) is 13.8 Å². The minimum absolute atomic E-state index is 0.170. The van der Waals surface area contributed by atoms with Crippen LogP contribution in [0.1, 0.15) is 29.8 Å². The van der Waals surface area contributed by atoms with E-state index in [0.717, 1.165) is 6.07 Å². The first-order valence-corrected chi connectivity index (χ1v) is 6.82. The highest BCUT2D eigenvalue weighted by Gasteiger charge is 2.22. The van der Waals surface area contributed by atoms with Crippen LogP contribution in [0.4, 0.5) is 8.78 Å². The monoisotopic (exact) mass is 319 g/mol. The molecule has 18 heavy (non-hydrogen) atoms. The van der Waals surface area contributed by atoms with Crippen LogP contribution in [0.2, 0.25) is 0 Å². The molecule has 0 aliphatic heterocycles. The fourth-order valence-electron chi connectivity index (χ4n) is 1.49. The Morgan fingerprint density at radius 1 is 1.39 bits per heavy atom. The molecule has 1 atom stereocenters. The lowest BCUT2D eigenvalue weighted by atomic mass is 10.0. The topological polar surface area (TPSA) is 29.1 Å². The van der Waals surface area contributed by atoms with Gasteiger partial charge in [0.2, 0.25) is 0 Å². The van der Waals surface area contributed by atoms with E-state index in [4.69, 9.17) is 0 Å². The van der Waals surface area contributed by atoms with Crippen LogP contribution in [0.25, 0.3) is 0 Å². The molecule has 0 saturated heterocycles. The Hall–Kier alpha value is -0.970. The Kier molecular flexibility index (Phi) is 5.26. The minimum atomic E-state index is -0.840. The van der Waals surface area contributed by atoms with Crippen LogP contribution in [0.3, 0.4) is 0 Å².